The van der Waals surface area contributed by atoms with E-state index in [1.54, 1.807) is 6.07 Å². The van der Waals surface area contributed by atoms with Crippen molar-refractivity contribution in [3.63, 3.8) is 0 Å². The molecule has 0 atom stereocenters. The van der Waals surface area contributed by atoms with Gasteiger partial charge in [0.25, 0.3) is 0 Å². The van der Waals surface area contributed by atoms with Crippen molar-refractivity contribution in [2.75, 3.05) is 0 Å². The van der Waals surface area contributed by atoms with Gasteiger partial charge in [0.15, 0.2) is 6.29 Å². The predicted molar refractivity (Wildman–Crippen MR) is 69.0 cm³/mol. The minimum absolute atomic E-state index is 0.0211. The van der Waals surface area contributed by atoms with Crippen LogP contribution in [0.4, 0.5) is 13.2 Å². The Hall–Kier alpha value is -2.56. The molecule has 0 saturated carbocycles. The van der Waals surface area contributed by atoms with E-state index in [2.05, 4.69) is 4.98 Å². The van der Waals surface area contributed by atoms with E-state index < -0.39 is 17.5 Å². The zero-order valence-electron chi connectivity index (χ0n) is 10.1. The third-order valence-electron chi connectivity index (χ3n) is 3.10. The molecule has 0 amide bonds. The molecule has 100 valence electrons. The van der Waals surface area contributed by atoms with Gasteiger partial charge in [0, 0.05) is 22.6 Å². The number of hydrogen-bond donors (Lipinski definition) is 1. The van der Waals surface area contributed by atoms with Gasteiger partial charge in [-0.25, -0.2) is 13.2 Å². The van der Waals surface area contributed by atoms with Crippen LogP contribution in [0.1, 0.15) is 10.4 Å². The Morgan fingerprint density at radius 3 is 2.50 bits per heavy atom. The lowest BCUT2D eigenvalue weighted by molar-refractivity contribution is 0.112. The molecule has 1 heterocycles. The summed E-state index contributed by atoms with van der Waals surface area (Å²) < 4.78 is 40.2. The molecular weight excluding hydrogens is 267 g/mol. The van der Waals surface area contributed by atoms with Gasteiger partial charge in [-0.15, -0.1) is 0 Å². The molecule has 20 heavy (non-hydrogen) atoms. The van der Waals surface area contributed by atoms with Crippen molar-refractivity contribution in [2.45, 2.75) is 0 Å². The van der Waals surface area contributed by atoms with Crippen LogP contribution in [0.2, 0.25) is 0 Å². The Bertz CT molecular complexity index is 823. The smallest absolute Gasteiger partial charge is 0.152 e. The molecule has 0 spiro atoms. The van der Waals surface area contributed by atoms with Gasteiger partial charge in [0.05, 0.1) is 11.2 Å². The van der Waals surface area contributed by atoms with Crippen LogP contribution in [-0.2, 0) is 0 Å². The Kier molecular flexibility index (Phi) is 2.82. The number of nitrogens with one attached hydrogen (secondary N) is 1. The first kappa shape index (κ1) is 12.5. The van der Waals surface area contributed by atoms with Crippen LogP contribution in [0.25, 0.3) is 22.2 Å². The third kappa shape index (κ3) is 1.87. The predicted octanol–water partition coefficient (Wildman–Crippen LogP) is 4.06. The Morgan fingerprint density at radius 1 is 1.00 bits per heavy atom. The first-order valence-electron chi connectivity index (χ1n) is 5.82. The minimum Gasteiger partial charge on any atom is -0.352 e. The van der Waals surface area contributed by atoms with Crippen LogP contribution >= 0.6 is 0 Å². The SMILES string of the molecule is O=Cc1c(-c2cccc(F)c2)[nH]c2c(F)cc(F)cc12. The van der Waals surface area contributed by atoms with E-state index in [9.17, 15) is 18.0 Å². The molecule has 3 rings (SSSR count). The average molecular weight is 275 g/mol. The van der Waals surface area contributed by atoms with E-state index in [1.807, 2.05) is 0 Å². The number of carbonyl (C=O) groups excluding carboxylic acids is 1. The van der Waals surface area contributed by atoms with Gasteiger partial charge >= 0.3 is 0 Å². The third-order valence-corrected chi connectivity index (χ3v) is 3.10. The summed E-state index contributed by atoms with van der Waals surface area (Å²) in [7, 11) is 0. The van der Waals surface area contributed by atoms with Crippen molar-refractivity contribution in [3.8, 4) is 11.3 Å². The lowest BCUT2D eigenvalue weighted by Crippen LogP contribution is -1.85. The maximum atomic E-state index is 13.7. The second kappa shape index (κ2) is 4.52. The molecule has 0 radical (unpaired) electrons. The fourth-order valence-corrected chi connectivity index (χ4v) is 2.23. The van der Waals surface area contributed by atoms with E-state index in [-0.39, 0.29) is 22.2 Å². The number of halogens is 3. The summed E-state index contributed by atoms with van der Waals surface area (Å²) in [6.45, 7) is 0. The van der Waals surface area contributed by atoms with E-state index in [4.69, 9.17) is 0 Å². The number of H-pyrrole nitrogens is 1. The van der Waals surface area contributed by atoms with Crippen molar-refractivity contribution < 1.29 is 18.0 Å². The molecule has 1 N–H and O–H groups in total. The molecule has 0 saturated heterocycles. The molecule has 0 fully saturated rings. The van der Waals surface area contributed by atoms with Crippen LogP contribution in [0.15, 0.2) is 36.4 Å². The van der Waals surface area contributed by atoms with Gasteiger partial charge in [0.2, 0.25) is 0 Å². The topological polar surface area (TPSA) is 32.9 Å². The Balaban J connectivity index is 2.37. The summed E-state index contributed by atoms with van der Waals surface area (Å²) >= 11 is 0. The monoisotopic (exact) mass is 275 g/mol. The number of aromatic amines is 1. The molecule has 0 aliphatic carbocycles. The van der Waals surface area contributed by atoms with E-state index in [0.717, 1.165) is 12.1 Å². The van der Waals surface area contributed by atoms with Gasteiger partial charge in [0.1, 0.15) is 17.5 Å². The fourth-order valence-electron chi connectivity index (χ4n) is 2.23. The highest BCUT2D eigenvalue weighted by Gasteiger charge is 2.16. The van der Waals surface area contributed by atoms with Crippen LogP contribution in [0, 0.1) is 17.5 Å². The first-order chi connectivity index (χ1) is 9.60. The molecule has 2 aromatic carbocycles. The molecule has 0 bridgehead atoms. The highest BCUT2D eigenvalue weighted by molar-refractivity contribution is 6.04. The van der Waals surface area contributed by atoms with E-state index in [0.29, 0.717) is 11.8 Å². The molecule has 0 unspecified atom stereocenters. The maximum Gasteiger partial charge on any atom is 0.152 e. The lowest BCUT2D eigenvalue weighted by atomic mass is 10.1. The van der Waals surface area contributed by atoms with Crippen LogP contribution in [0.5, 0.6) is 0 Å². The van der Waals surface area contributed by atoms with Crippen LogP contribution in [-0.4, -0.2) is 11.3 Å². The van der Waals surface area contributed by atoms with Gasteiger partial charge < -0.3 is 4.98 Å². The summed E-state index contributed by atoms with van der Waals surface area (Å²) in [5, 5.41) is 0.136. The summed E-state index contributed by atoms with van der Waals surface area (Å²) in [5.74, 6) is -2.06. The summed E-state index contributed by atoms with van der Waals surface area (Å²) in [5.41, 5.74) is 0.777. The van der Waals surface area contributed by atoms with Crippen molar-refractivity contribution in [1.82, 2.24) is 4.98 Å². The summed E-state index contributed by atoms with van der Waals surface area (Å²) in [6.07, 6.45) is 0.498. The number of aromatic nitrogens is 1. The normalized spacial score (nSPS) is 10.9. The molecule has 5 heteroatoms. The van der Waals surface area contributed by atoms with E-state index in [1.165, 1.54) is 18.2 Å². The number of rotatable bonds is 2. The largest absolute Gasteiger partial charge is 0.352 e. The lowest BCUT2D eigenvalue weighted by Gasteiger charge is -1.99. The van der Waals surface area contributed by atoms with Gasteiger partial charge in [-0.2, -0.15) is 0 Å². The number of fused-ring (bicyclic) bond motifs is 1. The maximum absolute atomic E-state index is 13.7. The standard InChI is InChI=1S/C15H8F3NO/c16-9-3-1-2-8(4-9)14-12(7-20)11-5-10(17)6-13(18)15(11)19-14/h1-7,19H. The average Bonchev–Trinajstić information content (AvgIpc) is 2.77. The quantitative estimate of drug-likeness (QED) is 0.703. The van der Waals surface area contributed by atoms with Crippen molar-refractivity contribution in [1.29, 1.82) is 0 Å². The molecular formula is C15H8F3NO. The number of carbonyl (C=O) groups is 1. The number of hydrogen-bond acceptors (Lipinski definition) is 1. The van der Waals surface area contributed by atoms with Crippen LogP contribution < -0.4 is 0 Å². The minimum atomic E-state index is -0.800. The molecule has 3 aromatic rings. The summed E-state index contributed by atoms with van der Waals surface area (Å²) in [4.78, 5) is 13.9. The zero-order valence-corrected chi connectivity index (χ0v) is 10.1. The highest BCUT2D eigenvalue weighted by atomic mass is 19.1. The fraction of sp³-hybridized carbons (Fsp3) is 0. The molecule has 2 nitrogen and oxygen atoms in total. The second-order valence-electron chi connectivity index (χ2n) is 4.35. The highest BCUT2D eigenvalue weighted by Crippen LogP contribution is 2.31. The summed E-state index contributed by atoms with van der Waals surface area (Å²) in [6, 6.07) is 7.32. The van der Waals surface area contributed by atoms with E-state index >= 15 is 0 Å². The van der Waals surface area contributed by atoms with Gasteiger partial charge in [-0.05, 0) is 18.2 Å². The second-order valence-corrected chi connectivity index (χ2v) is 4.35. The molecule has 0 aliphatic rings. The Morgan fingerprint density at radius 2 is 1.80 bits per heavy atom. The molecule has 0 aliphatic heterocycles. The van der Waals surface area contributed by atoms with Crippen LogP contribution in [0.3, 0.4) is 0 Å². The Labute approximate surface area is 111 Å². The van der Waals surface area contributed by atoms with Crippen molar-refractivity contribution >= 4 is 17.2 Å². The first-order valence-corrected chi connectivity index (χ1v) is 5.82. The zero-order chi connectivity index (χ0) is 14.3. The van der Waals surface area contributed by atoms with Gasteiger partial charge in [-0.1, -0.05) is 12.1 Å². The van der Waals surface area contributed by atoms with Crippen molar-refractivity contribution in [3.05, 3.63) is 59.4 Å². The molecule has 1 aromatic heterocycles. The van der Waals surface area contributed by atoms with Gasteiger partial charge in [-0.3, -0.25) is 4.79 Å². The number of aldehydes is 1. The number of benzene rings is 2. The van der Waals surface area contributed by atoms with Crippen molar-refractivity contribution in [2.24, 2.45) is 0 Å².